The van der Waals surface area contributed by atoms with Crippen molar-refractivity contribution in [2.45, 2.75) is 59.1 Å². The predicted molar refractivity (Wildman–Crippen MR) is 116 cm³/mol. The Hall–Kier alpha value is -3.15. The number of ether oxygens (including phenoxy) is 1. The molecule has 0 aliphatic rings. The Morgan fingerprint density at radius 3 is 2.37 bits per heavy atom. The van der Waals surface area contributed by atoms with Crippen molar-refractivity contribution in [1.82, 2.24) is 15.5 Å². The van der Waals surface area contributed by atoms with E-state index in [0.717, 1.165) is 11.1 Å². The number of hydrogen-bond donors (Lipinski definition) is 1. The van der Waals surface area contributed by atoms with Gasteiger partial charge in [-0.2, -0.15) is 4.98 Å². The predicted octanol–water partition coefficient (Wildman–Crippen LogP) is 4.82. The van der Waals surface area contributed by atoms with Gasteiger partial charge in [0.2, 0.25) is 11.7 Å². The highest BCUT2D eigenvalue weighted by molar-refractivity contribution is 5.81. The lowest BCUT2D eigenvalue weighted by atomic mass is 9.87. The van der Waals surface area contributed by atoms with Gasteiger partial charge >= 0.3 is 0 Å². The maximum absolute atomic E-state index is 12.6. The van der Waals surface area contributed by atoms with Gasteiger partial charge < -0.3 is 14.6 Å². The summed E-state index contributed by atoms with van der Waals surface area (Å²) in [5.74, 6) is 1.31. The minimum atomic E-state index is -0.593. The normalized spacial score (nSPS) is 12.4. The third kappa shape index (κ3) is 5.47. The SMILES string of the molecule is CC[C@@H](Oc1ccc(C(C)(C)C)cc1)C(=O)NCc1nc(-c2ccc(C)cc2)no1. The van der Waals surface area contributed by atoms with Crippen LogP contribution in [0.1, 0.15) is 51.1 Å². The number of hydrogen-bond acceptors (Lipinski definition) is 5. The van der Waals surface area contributed by atoms with Gasteiger partial charge in [0.1, 0.15) is 5.75 Å². The lowest BCUT2D eigenvalue weighted by Crippen LogP contribution is -2.37. The number of rotatable bonds is 7. The zero-order valence-corrected chi connectivity index (χ0v) is 18.2. The van der Waals surface area contributed by atoms with E-state index in [-0.39, 0.29) is 17.9 Å². The van der Waals surface area contributed by atoms with Crippen LogP contribution in [0.2, 0.25) is 0 Å². The quantitative estimate of drug-likeness (QED) is 0.608. The summed E-state index contributed by atoms with van der Waals surface area (Å²) in [7, 11) is 0. The number of amides is 1. The van der Waals surface area contributed by atoms with Crippen LogP contribution in [-0.2, 0) is 16.8 Å². The molecule has 0 saturated carbocycles. The van der Waals surface area contributed by atoms with Crippen molar-refractivity contribution in [3.63, 3.8) is 0 Å². The van der Waals surface area contributed by atoms with Gasteiger partial charge in [-0.3, -0.25) is 4.79 Å². The first-order valence-electron chi connectivity index (χ1n) is 10.2. The summed E-state index contributed by atoms with van der Waals surface area (Å²) in [5.41, 5.74) is 3.32. The Bertz CT molecular complexity index is 970. The minimum absolute atomic E-state index is 0.0710. The number of benzene rings is 2. The van der Waals surface area contributed by atoms with E-state index in [1.807, 2.05) is 62.4 Å². The van der Waals surface area contributed by atoms with Gasteiger partial charge in [0.15, 0.2) is 6.10 Å². The summed E-state index contributed by atoms with van der Waals surface area (Å²) < 4.78 is 11.1. The minimum Gasteiger partial charge on any atom is -0.481 e. The molecule has 3 aromatic rings. The first-order chi connectivity index (χ1) is 14.3. The van der Waals surface area contributed by atoms with E-state index in [2.05, 4.69) is 36.2 Å². The van der Waals surface area contributed by atoms with E-state index in [9.17, 15) is 4.79 Å². The molecule has 1 amide bonds. The van der Waals surface area contributed by atoms with Gasteiger partial charge in [-0.1, -0.05) is 74.8 Å². The fraction of sp³-hybridized carbons (Fsp3) is 0.375. The molecule has 158 valence electrons. The molecule has 1 atom stereocenters. The number of aryl methyl sites for hydroxylation is 1. The van der Waals surface area contributed by atoms with E-state index >= 15 is 0 Å². The molecule has 0 aliphatic heterocycles. The zero-order valence-electron chi connectivity index (χ0n) is 18.2. The first kappa shape index (κ1) is 21.6. The molecule has 0 bridgehead atoms. The second-order valence-electron chi connectivity index (χ2n) is 8.38. The monoisotopic (exact) mass is 407 g/mol. The van der Waals surface area contributed by atoms with Crippen LogP contribution in [0, 0.1) is 6.92 Å². The first-order valence-corrected chi connectivity index (χ1v) is 10.2. The molecular weight excluding hydrogens is 378 g/mol. The standard InChI is InChI=1S/C24H29N3O3/c1-6-20(29-19-13-11-18(12-14-19)24(3,4)5)23(28)25-15-21-26-22(27-30-21)17-9-7-16(2)8-10-17/h7-14,20H,6,15H2,1-5H3,(H,25,28)/t20-/m1/s1. The van der Waals surface area contributed by atoms with Crippen LogP contribution >= 0.6 is 0 Å². The molecule has 0 unspecified atom stereocenters. The van der Waals surface area contributed by atoms with Crippen LogP contribution < -0.4 is 10.1 Å². The summed E-state index contributed by atoms with van der Waals surface area (Å²) in [6.45, 7) is 10.6. The van der Waals surface area contributed by atoms with E-state index in [0.29, 0.717) is 23.9 Å². The number of nitrogens with zero attached hydrogens (tertiary/aromatic N) is 2. The fourth-order valence-corrected chi connectivity index (χ4v) is 2.94. The summed E-state index contributed by atoms with van der Waals surface area (Å²) in [4.78, 5) is 16.9. The van der Waals surface area contributed by atoms with Gasteiger partial charge in [-0.15, -0.1) is 0 Å². The largest absolute Gasteiger partial charge is 0.481 e. The molecule has 0 fully saturated rings. The van der Waals surface area contributed by atoms with Gasteiger partial charge in [0.25, 0.3) is 5.91 Å². The molecule has 1 aromatic heterocycles. The Morgan fingerprint density at radius 1 is 1.10 bits per heavy atom. The lowest BCUT2D eigenvalue weighted by molar-refractivity contribution is -0.128. The maximum Gasteiger partial charge on any atom is 0.261 e. The highest BCUT2D eigenvalue weighted by Gasteiger charge is 2.20. The second-order valence-corrected chi connectivity index (χ2v) is 8.38. The van der Waals surface area contributed by atoms with E-state index in [1.165, 1.54) is 5.56 Å². The third-order valence-corrected chi connectivity index (χ3v) is 4.85. The smallest absolute Gasteiger partial charge is 0.261 e. The van der Waals surface area contributed by atoms with Crippen molar-refractivity contribution in [3.05, 3.63) is 65.5 Å². The third-order valence-electron chi connectivity index (χ3n) is 4.85. The van der Waals surface area contributed by atoms with E-state index in [1.54, 1.807) is 0 Å². The average molecular weight is 408 g/mol. The Balaban J connectivity index is 1.57. The summed E-state index contributed by atoms with van der Waals surface area (Å²) >= 11 is 0. The van der Waals surface area contributed by atoms with Gasteiger partial charge in [-0.25, -0.2) is 0 Å². The number of carbonyl (C=O) groups is 1. The molecule has 6 heteroatoms. The van der Waals surface area contributed by atoms with E-state index in [4.69, 9.17) is 9.26 Å². The number of aromatic nitrogens is 2. The van der Waals surface area contributed by atoms with Gasteiger partial charge in [0.05, 0.1) is 6.54 Å². The summed E-state index contributed by atoms with van der Waals surface area (Å²) in [6, 6.07) is 15.7. The van der Waals surface area contributed by atoms with Crippen LogP contribution in [0.15, 0.2) is 53.1 Å². The molecular formula is C24H29N3O3. The van der Waals surface area contributed by atoms with Gasteiger partial charge in [-0.05, 0) is 36.5 Å². The highest BCUT2D eigenvalue weighted by Crippen LogP contribution is 2.25. The summed E-state index contributed by atoms with van der Waals surface area (Å²) in [6.07, 6.45) is -0.0457. The molecule has 2 aromatic carbocycles. The number of nitrogens with one attached hydrogen (secondary N) is 1. The molecule has 30 heavy (non-hydrogen) atoms. The van der Waals surface area contributed by atoms with Crippen LogP contribution in [0.3, 0.4) is 0 Å². The van der Waals surface area contributed by atoms with Crippen molar-refractivity contribution in [3.8, 4) is 17.1 Å². The zero-order chi connectivity index (χ0) is 21.7. The lowest BCUT2D eigenvalue weighted by Gasteiger charge is -2.20. The second kappa shape index (κ2) is 9.11. The van der Waals surface area contributed by atoms with Crippen molar-refractivity contribution < 1.29 is 14.1 Å². The van der Waals surface area contributed by atoms with Crippen LogP contribution in [0.4, 0.5) is 0 Å². The molecule has 0 aliphatic carbocycles. The maximum atomic E-state index is 12.6. The van der Waals surface area contributed by atoms with Crippen molar-refractivity contribution in [2.24, 2.45) is 0 Å². The molecule has 0 radical (unpaired) electrons. The molecule has 1 heterocycles. The van der Waals surface area contributed by atoms with Gasteiger partial charge in [0, 0.05) is 5.56 Å². The van der Waals surface area contributed by atoms with Crippen LogP contribution in [0.5, 0.6) is 5.75 Å². The molecule has 1 N–H and O–H groups in total. The number of carbonyl (C=O) groups excluding carboxylic acids is 1. The van der Waals surface area contributed by atoms with Crippen molar-refractivity contribution >= 4 is 5.91 Å². The van der Waals surface area contributed by atoms with Crippen LogP contribution in [-0.4, -0.2) is 22.2 Å². The highest BCUT2D eigenvalue weighted by atomic mass is 16.5. The van der Waals surface area contributed by atoms with E-state index < -0.39 is 6.10 Å². The van der Waals surface area contributed by atoms with Crippen molar-refractivity contribution in [2.75, 3.05) is 0 Å². The Labute approximate surface area is 177 Å². The van der Waals surface area contributed by atoms with Crippen molar-refractivity contribution in [1.29, 1.82) is 0 Å². The fourth-order valence-electron chi connectivity index (χ4n) is 2.94. The average Bonchev–Trinajstić information content (AvgIpc) is 3.19. The Morgan fingerprint density at radius 2 is 1.77 bits per heavy atom. The molecule has 0 saturated heterocycles. The molecule has 3 rings (SSSR count). The molecule has 0 spiro atoms. The Kier molecular flexibility index (Phi) is 6.55. The molecule has 6 nitrogen and oxygen atoms in total. The topological polar surface area (TPSA) is 77.2 Å². The summed E-state index contributed by atoms with van der Waals surface area (Å²) in [5, 5.41) is 6.81. The van der Waals surface area contributed by atoms with Crippen LogP contribution in [0.25, 0.3) is 11.4 Å².